The first-order valence-electron chi connectivity index (χ1n) is 8.85. The lowest BCUT2D eigenvalue weighted by atomic mass is 10.1. The van der Waals surface area contributed by atoms with E-state index < -0.39 is 0 Å². The number of aromatic nitrogens is 2. The molecule has 0 spiro atoms. The highest BCUT2D eigenvalue weighted by molar-refractivity contribution is 6.03. The van der Waals surface area contributed by atoms with Gasteiger partial charge in [0, 0.05) is 36.7 Å². The molecule has 0 saturated carbocycles. The van der Waals surface area contributed by atoms with E-state index in [4.69, 9.17) is 0 Å². The molecule has 6 nitrogen and oxygen atoms in total. The summed E-state index contributed by atoms with van der Waals surface area (Å²) < 4.78 is 0. The van der Waals surface area contributed by atoms with Gasteiger partial charge in [-0.15, -0.1) is 6.58 Å². The molecule has 6 heteroatoms. The summed E-state index contributed by atoms with van der Waals surface area (Å²) in [6.07, 6.45) is 1.71. The number of hydrogen-bond donors (Lipinski definition) is 2. The van der Waals surface area contributed by atoms with Crippen LogP contribution >= 0.6 is 0 Å². The van der Waals surface area contributed by atoms with E-state index >= 15 is 0 Å². The summed E-state index contributed by atoms with van der Waals surface area (Å²) >= 11 is 0. The fourth-order valence-corrected chi connectivity index (χ4v) is 2.69. The quantitative estimate of drug-likeness (QED) is 0.707. The van der Waals surface area contributed by atoms with Gasteiger partial charge in [-0.1, -0.05) is 6.08 Å². The predicted octanol–water partition coefficient (Wildman–Crippen LogP) is 3.79. The summed E-state index contributed by atoms with van der Waals surface area (Å²) in [5, 5.41) is 5.96. The molecule has 0 saturated heterocycles. The van der Waals surface area contributed by atoms with Crippen LogP contribution in [0.25, 0.3) is 0 Å². The molecular weight excluding hydrogens is 326 g/mol. The first-order valence-corrected chi connectivity index (χ1v) is 8.85. The number of amides is 1. The van der Waals surface area contributed by atoms with Crippen molar-refractivity contribution in [2.45, 2.75) is 27.7 Å². The van der Waals surface area contributed by atoms with E-state index in [2.05, 4.69) is 52.0 Å². The average Bonchev–Trinajstić information content (AvgIpc) is 2.62. The molecule has 2 N–H and O–H groups in total. The van der Waals surface area contributed by atoms with Crippen molar-refractivity contribution >= 4 is 23.2 Å². The zero-order valence-electron chi connectivity index (χ0n) is 16.0. The van der Waals surface area contributed by atoms with Crippen LogP contribution in [0.5, 0.6) is 0 Å². The SMILES string of the molecule is C=CCNc1nc(C)cc(C(=O)Nc2ccc(N(CC)CC)cc2C)n1. The highest BCUT2D eigenvalue weighted by Crippen LogP contribution is 2.23. The largest absolute Gasteiger partial charge is 0.372 e. The molecule has 26 heavy (non-hydrogen) atoms. The topological polar surface area (TPSA) is 70.2 Å². The van der Waals surface area contributed by atoms with Crippen molar-refractivity contribution in [2.24, 2.45) is 0 Å². The summed E-state index contributed by atoms with van der Waals surface area (Å²) in [6, 6.07) is 7.72. The third-order valence-corrected chi connectivity index (χ3v) is 4.08. The minimum absolute atomic E-state index is 0.254. The molecule has 0 radical (unpaired) electrons. The van der Waals surface area contributed by atoms with Crippen molar-refractivity contribution in [3.8, 4) is 0 Å². The number of rotatable bonds is 8. The molecule has 0 aliphatic heterocycles. The fourth-order valence-electron chi connectivity index (χ4n) is 2.69. The van der Waals surface area contributed by atoms with E-state index in [-0.39, 0.29) is 5.91 Å². The number of nitrogens with one attached hydrogen (secondary N) is 2. The Kier molecular flexibility index (Phi) is 6.72. The minimum Gasteiger partial charge on any atom is -0.372 e. The van der Waals surface area contributed by atoms with Crippen molar-refractivity contribution in [3.05, 3.63) is 53.9 Å². The van der Waals surface area contributed by atoms with Crippen LogP contribution in [0.2, 0.25) is 0 Å². The highest BCUT2D eigenvalue weighted by Gasteiger charge is 2.13. The van der Waals surface area contributed by atoms with E-state index in [9.17, 15) is 4.79 Å². The van der Waals surface area contributed by atoms with Gasteiger partial charge in [0.1, 0.15) is 5.69 Å². The van der Waals surface area contributed by atoms with Gasteiger partial charge in [-0.25, -0.2) is 9.97 Å². The molecule has 1 amide bonds. The van der Waals surface area contributed by atoms with Crippen LogP contribution in [0, 0.1) is 13.8 Å². The molecule has 0 fully saturated rings. The maximum Gasteiger partial charge on any atom is 0.274 e. The second-order valence-corrected chi connectivity index (χ2v) is 6.01. The zero-order valence-corrected chi connectivity index (χ0v) is 16.0. The Labute approximate surface area is 155 Å². The van der Waals surface area contributed by atoms with Crippen molar-refractivity contribution in [3.63, 3.8) is 0 Å². The Hall–Kier alpha value is -2.89. The second-order valence-electron chi connectivity index (χ2n) is 6.01. The molecule has 0 atom stereocenters. The molecule has 1 aromatic carbocycles. The van der Waals surface area contributed by atoms with Gasteiger partial charge in [0.2, 0.25) is 5.95 Å². The van der Waals surface area contributed by atoms with E-state index in [0.29, 0.717) is 18.2 Å². The molecule has 0 aliphatic carbocycles. The van der Waals surface area contributed by atoms with Gasteiger partial charge in [0.05, 0.1) is 0 Å². The third-order valence-electron chi connectivity index (χ3n) is 4.08. The first kappa shape index (κ1) is 19.4. The maximum atomic E-state index is 12.6. The second kappa shape index (κ2) is 8.99. The van der Waals surface area contributed by atoms with Crippen LogP contribution in [0.3, 0.4) is 0 Å². The third kappa shape index (κ3) is 4.81. The van der Waals surface area contributed by atoms with E-state index in [0.717, 1.165) is 35.7 Å². The molecular formula is C20H27N5O. The van der Waals surface area contributed by atoms with Gasteiger partial charge < -0.3 is 15.5 Å². The maximum absolute atomic E-state index is 12.6. The van der Waals surface area contributed by atoms with E-state index in [1.807, 2.05) is 26.0 Å². The molecule has 0 aliphatic rings. The van der Waals surface area contributed by atoms with Crippen molar-refractivity contribution < 1.29 is 4.79 Å². The fraction of sp³-hybridized carbons (Fsp3) is 0.350. The average molecular weight is 353 g/mol. The number of hydrogen-bond acceptors (Lipinski definition) is 5. The number of aryl methyl sites for hydroxylation is 2. The summed E-state index contributed by atoms with van der Waals surface area (Å²) in [5.74, 6) is 0.166. The van der Waals surface area contributed by atoms with Gasteiger partial charge in [-0.2, -0.15) is 0 Å². The Balaban J connectivity index is 2.19. The Morgan fingerprint density at radius 3 is 2.54 bits per heavy atom. The Morgan fingerprint density at radius 2 is 1.92 bits per heavy atom. The van der Waals surface area contributed by atoms with E-state index in [1.165, 1.54) is 0 Å². The summed E-state index contributed by atoms with van der Waals surface area (Å²) in [5.41, 5.74) is 4.00. The summed E-state index contributed by atoms with van der Waals surface area (Å²) in [7, 11) is 0. The van der Waals surface area contributed by atoms with Crippen LogP contribution in [0.15, 0.2) is 36.9 Å². The van der Waals surface area contributed by atoms with Crippen molar-refractivity contribution in [1.29, 1.82) is 0 Å². The standard InChI is InChI=1S/C20H27N5O/c1-6-11-21-20-22-15(5)13-18(24-20)19(26)23-17-10-9-16(12-14(17)4)25(7-2)8-3/h6,9-10,12-13H,1,7-8,11H2,2-5H3,(H,23,26)(H,21,22,24). The zero-order chi connectivity index (χ0) is 19.1. The first-order chi connectivity index (χ1) is 12.5. The van der Waals surface area contributed by atoms with Gasteiger partial charge in [-0.3, -0.25) is 4.79 Å². The summed E-state index contributed by atoms with van der Waals surface area (Å²) in [6.45, 7) is 14.2. The molecule has 1 heterocycles. The smallest absolute Gasteiger partial charge is 0.274 e. The number of carbonyl (C=O) groups is 1. The van der Waals surface area contributed by atoms with Gasteiger partial charge in [-0.05, 0) is 57.5 Å². The lowest BCUT2D eigenvalue weighted by Gasteiger charge is -2.22. The monoisotopic (exact) mass is 353 g/mol. The Morgan fingerprint density at radius 1 is 1.19 bits per heavy atom. The minimum atomic E-state index is -0.254. The molecule has 1 aromatic heterocycles. The molecule has 138 valence electrons. The van der Waals surface area contributed by atoms with E-state index in [1.54, 1.807) is 12.1 Å². The predicted molar refractivity (Wildman–Crippen MR) is 108 cm³/mol. The lowest BCUT2D eigenvalue weighted by molar-refractivity contribution is 0.102. The normalized spacial score (nSPS) is 10.3. The Bertz CT molecular complexity index is 784. The van der Waals surface area contributed by atoms with Gasteiger partial charge >= 0.3 is 0 Å². The van der Waals surface area contributed by atoms with Crippen LogP contribution in [-0.2, 0) is 0 Å². The number of anilines is 3. The van der Waals surface area contributed by atoms with Crippen LogP contribution in [0.1, 0.15) is 35.6 Å². The number of nitrogens with zero attached hydrogens (tertiary/aromatic N) is 3. The van der Waals surface area contributed by atoms with Crippen LogP contribution < -0.4 is 15.5 Å². The lowest BCUT2D eigenvalue weighted by Crippen LogP contribution is -2.22. The van der Waals surface area contributed by atoms with Gasteiger partial charge in [0.15, 0.2) is 0 Å². The van der Waals surface area contributed by atoms with Crippen LogP contribution in [-0.4, -0.2) is 35.5 Å². The summed E-state index contributed by atoms with van der Waals surface area (Å²) in [4.78, 5) is 23.4. The van der Waals surface area contributed by atoms with Crippen LogP contribution in [0.4, 0.5) is 17.3 Å². The molecule has 2 rings (SSSR count). The highest BCUT2D eigenvalue weighted by atomic mass is 16.1. The number of carbonyl (C=O) groups excluding carboxylic acids is 1. The number of benzene rings is 1. The molecule has 0 unspecified atom stereocenters. The van der Waals surface area contributed by atoms with Crippen molar-refractivity contribution in [2.75, 3.05) is 35.2 Å². The molecule has 0 bridgehead atoms. The van der Waals surface area contributed by atoms with Gasteiger partial charge in [0.25, 0.3) is 5.91 Å². The molecule has 2 aromatic rings. The van der Waals surface area contributed by atoms with Crippen molar-refractivity contribution in [1.82, 2.24) is 9.97 Å².